The molecule has 212 valence electrons. The Labute approximate surface area is 220 Å². The number of hydrogen-bond donors (Lipinski definition) is 8. The van der Waals surface area contributed by atoms with Crippen LogP contribution in [0.15, 0.2) is 4.99 Å². The lowest BCUT2D eigenvalue weighted by Crippen LogP contribution is -2.57. The summed E-state index contributed by atoms with van der Waals surface area (Å²) in [7, 11) is 0. The van der Waals surface area contributed by atoms with E-state index in [1.807, 2.05) is 13.8 Å². The van der Waals surface area contributed by atoms with Crippen molar-refractivity contribution in [3.63, 3.8) is 0 Å². The Bertz CT molecular complexity index is 808. The van der Waals surface area contributed by atoms with E-state index in [4.69, 9.17) is 22.3 Å². The van der Waals surface area contributed by atoms with Gasteiger partial charge in [-0.3, -0.25) is 24.2 Å². The van der Waals surface area contributed by atoms with Gasteiger partial charge in [0.1, 0.15) is 18.1 Å². The first kappa shape index (κ1) is 33.9. The summed E-state index contributed by atoms with van der Waals surface area (Å²) in [4.78, 5) is 64.8. The topological polar surface area (TPSA) is 252 Å². The molecule has 0 radical (unpaired) electrons. The van der Waals surface area contributed by atoms with Gasteiger partial charge in [0.25, 0.3) is 0 Å². The first-order valence-electron chi connectivity index (χ1n) is 12.0. The number of carbonyl (C=O) groups excluding carboxylic acids is 3. The molecule has 11 N–H and O–H groups in total. The van der Waals surface area contributed by atoms with Crippen molar-refractivity contribution in [3.8, 4) is 0 Å². The van der Waals surface area contributed by atoms with Gasteiger partial charge < -0.3 is 43.4 Å². The lowest BCUT2D eigenvalue weighted by molar-refractivity contribution is -0.143. The summed E-state index contributed by atoms with van der Waals surface area (Å²) in [6, 6.07) is -4.46. The molecule has 5 atom stereocenters. The maximum absolute atomic E-state index is 13.1. The highest BCUT2D eigenvalue weighted by atomic mass is 32.2. The number of guanidine groups is 1. The molecule has 0 spiro atoms. The predicted octanol–water partition coefficient (Wildman–Crippen LogP) is -1.43. The van der Waals surface area contributed by atoms with Crippen LogP contribution in [0, 0.1) is 5.92 Å². The average molecular weight is 548 g/mol. The second-order valence-corrected chi connectivity index (χ2v) is 9.58. The van der Waals surface area contributed by atoms with Gasteiger partial charge in [0.2, 0.25) is 17.7 Å². The summed E-state index contributed by atoms with van der Waals surface area (Å²) in [6.07, 6.45) is 2.33. The van der Waals surface area contributed by atoms with E-state index in [1.165, 1.54) is 11.8 Å². The molecule has 0 aliphatic rings. The Morgan fingerprint density at radius 3 is 1.92 bits per heavy atom. The summed E-state index contributed by atoms with van der Waals surface area (Å²) in [5.74, 6) is -4.35. The molecule has 15 heteroatoms. The molecule has 0 aliphatic carbocycles. The van der Waals surface area contributed by atoms with Gasteiger partial charge in [-0.25, -0.2) is 4.79 Å². The lowest BCUT2D eigenvalue weighted by Gasteiger charge is -2.26. The highest BCUT2D eigenvalue weighted by Gasteiger charge is 2.31. The van der Waals surface area contributed by atoms with Crippen LogP contribution in [0.3, 0.4) is 0 Å². The fourth-order valence-corrected chi connectivity index (χ4v) is 3.60. The number of amides is 3. The van der Waals surface area contributed by atoms with E-state index in [0.717, 1.165) is 0 Å². The summed E-state index contributed by atoms with van der Waals surface area (Å²) in [5.41, 5.74) is 16.6. The summed E-state index contributed by atoms with van der Waals surface area (Å²) < 4.78 is 0. The predicted molar refractivity (Wildman–Crippen MR) is 141 cm³/mol. The van der Waals surface area contributed by atoms with Crippen LogP contribution in [-0.2, 0) is 24.0 Å². The van der Waals surface area contributed by atoms with E-state index in [-0.39, 0.29) is 37.7 Å². The first-order chi connectivity index (χ1) is 17.3. The van der Waals surface area contributed by atoms with Crippen LogP contribution in [0.25, 0.3) is 0 Å². The zero-order valence-electron chi connectivity index (χ0n) is 21.6. The Morgan fingerprint density at radius 1 is 0.892 bits per heavy atom. The van der Waals surface area contributed by atoms with Crippen molar-refractivity contribution in [1.29, 1.82) is 0 Å². The Balaban J connectivity index is 5.62. The molecule has 3 amide bonds. The number of aliphatic imine (C=N–C) groups is 1. The third-order valence-corrected chi connectivity index (χ3v) is 6.29. The summed E-state index contributed by atoms with van der Waals surface area (Å²) in [6.45, 7) is 3.90. The molecule has 14 nitrogen and oxygen atoms in total. The molecule has 0 fully saturated rings. The van der Waals surface area contributed by atoms with Gasteiger partial charge in [-0.05, 0) is 43.6 Å². The SMILES string of the molecule is CCC(C)C(N)C(=O)NC(CCCN=C(N)N)C(=O)NC(CCSC)C(=O)NC(CCC(=O)O)C(=O)O. The largest absolute Gasteiger partial charge is 0.481 e. The molecule has 0 aromatic heterocycles. The number of aliphatic carboxylic acids is 2. The van der Waals surface area contributed by atoms with Crippen molar-refractivity contribution >= 4 is 47.4 Å². The fraction of sp³-hybridized carbons (Fsp3) is 0.727. The van der Waals surface area contributed by atoms with Gasteiger partial charge in [-0.2, -0.15) is 11.8 Å². The third-order valence-electron chi connectivity index (χ3n) is 5.64. The standard InChI is InChI=1S/C22H41N7O7S/c1-4-12(2)17(23)20(34)28-13(6-5-10-26-22(24)25)18(32)27-14(9-11-37-3)19(33)29-15(21(35)36)7-8-16(30)31/h12-15,17H,4-11,23H2,1-3H3,(H,27,32)(H,28,34)(H,29,33)(H,30,31)(H,35,36)(H4,24,25,26). The van der Waals surface area contributed by atoms with Crippen LogP contribution in [0.1, 0.15) is 52.4 Å². The highest BCUT2D eigenvalue weighted by Crippen LogP contribution is 2.09. The number of carboxylic acid groups (broad SMARTS) is 2. The quantitative estimate of drug-likeness (QED) is 0.0528. The van der Waals surface area contributed by atoms with Crippen LogP contribution >= 0.6 is 11.8 Å². The number of nitrogens with one attached hydrogen (secondary N) is 3. The van der Waals surface area contributed by atoms with Crippen molar-refractivity contribution in [1.82, 2.24) is 16.0 Å². The zero-order valence-corrected chi connectivity index (χ0v) is 22.4. The number of hydrogen-bond acceptors (Lipinski definition) is 8. The van der Waals surface area contributed by atoms with Crippen molar-refractivity contribution < 1.29 is 34.2 Å². The Morgan fingerprint density at radius 2 is 1.43 bits per heavy atom. The Hall–Kier alpha value is -3.07. The monoisotopic (exact) mass is 547 g/mol. The molecule has 0 saturated carbocycles. The normalized spacial score (nSPS) is 14.8. The molecule has 0 bridgehead atoms. The molecule has 37 heavy (non-hydrogen) atoms. The van der Waals surface area contributed by atoms with Gasteiger partial charge >= 0.3 is 11.9 Å². The number of nitrogens with zero attached hydrogens (tertiary/aromatic N) is 1. The molecular weight excluding hydrogens is 506 g/mol. The third kappa shape index (κ3) is 14.3. The van der Waals surface area contributed by atoms with Gasteiger partial charge in [-0.1, -0.05) is 20.3 Å². The van der Waals surface area contributed by atoms with Crippen molar-refractivity contribution in [3.05, 3.63) is 0 Å². The van der Waals surface area contributed by atoms with Gasteiger partial charge in [-0.15, -0.1) is 0 Å². The number of rotatable bonds is 19. The lowest BCUT2D eigenvalue weighted by atomic mass is 9.98. The minimum absolute atomic E-state index is 0.117. The van der Waals surface area contributed by atoms with E-state index in [2.05, 4.69) is 20.9 Å². The minimum atomic E-state index is -1.44. The van der Waals surface area contributed by atoms with Crippen LogP contribution in [0.2, 0.25) is 0 Å². The van der Waals surface area contributed by atoms with E-state index in [0.29, 0.717) is 18.6 Å². The second kappa shape index (κ2) is 18.2. The van der Waals surface area contributed by atoms with Crippen LogP contribution in [-0.4, -0.2) is 88.6 Å². The van der Waals surface area contributed by atoms with Crippen molar-refractivity contribution in [2.24, 2.45) is 28.1 Å². The minimum Gasteiger partial charge on any atom is -0.481 e. The number of carboxylic acids is 2. The van der Waals surface area contributed by atoms with Gasteiger partial charge in [0.15, 0.2) is 5.96 Å². The molecule has 0 aliphatic heterocycles. The number of thioether (sulfide) groups is 1. The molecular formula is C22H41N7O7S. The van der Waals surface area contributed by atoms with E-state index >= 15 is 0 Å². The fourth-order valence-electron chi connectivity index (χ4n) is 3.13. The number of carbonyl (C=O) groups is 5. The van der Waals surface area contributed by atoms with Crippen molar-refractivity contribution in [2.75, 3.05) is 18.6 Å². The molecule has 0 saturated heterocycles. The molecule has 0 aromatic carbocycles. The molecule has 0 rings (SSSR count). The van der Waals surface area contributed by atoms with Crippen molar-refractivity contribution in [2.45, 2.75) is 76.5 Å². The highest BCUT2D eigenvalue weighted by molar-refractivity contribution is 7.98. The van der Waals surface area contributed by atoms with Gasteiger partial charge in [0, 0.05) is 13.0 Å². The second-order valence-electron chi connectivity index (χ2n) is 8.60. The van der Waals surface area contributed by atoms with Crippen LogP contribution < -0.4 is 33.2 Å². The molecule has 0 aromatic rings. The maximum atomic E-state index is 13.1. The smallest absolute Gasteiger partial charge is 0.326 e. The van der Waals surface area contributed by atoms with Crippen LogP contribution in [0.4, 0.5) is 0 Å². The van der Waals surface area contributed by atoms with Crippen LogP contribution in [0.5, 0.6) is 0 Å². The first-order valence-corrected chi connectivity index (χ1v) is 13.4. The van der Waals surface area contributed by atoms with E-state index < -0.39 is 60.2 Å². The summed E-state index contributed by atoms with van der Waals surface area (Å²) in [5, 5.41) is 25.7. The Kier molecular flexibility index (Phi) is 16.7. The van der Waals surface area contributed by atoms with E-state index in [1.54, 1.807) is 6.26 Å². The average Bonchev–Trinajstić information content (AvgIpc) is 2.83. The van der Waals surface area contributed by atoms with E-state index in [9.17, 15) is 29.1 Å². The number of nitrogens with two attached hydrogens (primary N) is 3. The zero-order chi connectivity index (χ0) is 28.5. The molecule has 0 heterocycles. The van der Waals surface area contributed by atoms with Gasteiger partial charge in [0.05, 0.1) is 6.04 Å². The summed E-state index contributed by atoms with van der Waals surface area (Å²) >= 11 is 1.41. The maximum Gasteiger partial charge on any atom is 0.326 e. The molecule has 5 unspecified atom stereocenters.